The van der Waals surface area contributed by atoms with Crippen LogP contribution in [0.5, 0.6) is 0 Å². The van der Waals surface area contributed by atoms with Crippen molar-refractivity contribution in [2.24, 2.45) is 5.92 Å². The molecule has 1 aromatic heterocycles. The minimum absolute atomic E-state index is 0.0145. The van der Waals surface area contributed by atoms with Crippen LogP contribution in [0.25, 0.3) is 16.8 Å². The Labute approximate surface area is 235 Å². The van der Waals surface area contributed by atoms with Gasteiger partial charge in [-0.15, -0.1) is 6.58 Å². The fourth-order valence-electron chi connectivity index (χ4n) is 4.48. The molecule has 3 N–H and O–H groups in total. The second-order valence-electron chi connectivity index (χ2n) is 10.3. The molecule has 3 rings (SSSR count). The molecular weight excluding hydrogens is 510 g/mol. The standard InChI is InChI=1S/C30H39N5O5/c1-7-10-26(36)40-27(18(3)4)29(38)33-20(6)30(39)35-14-9-11-25(34-35)28(37)32-19(5)21-12-13-22-17-31-24(8-2)16-23(22)15-21/h7-8,12-13,15-20,25,27,34H,1-2,9-11,14H2,3-6H3,(H,32,37)(H,33,38)/t19-,20+,25+,27+/m1/s1. The molecule has 214 valence electrons. The van der Waals surface area contributed by atoms with Crippen molar-refractivity contribution in [3.05, 3.63) is 61.0 Å². The van der Waals surface area contributed by atoms with Crippen LogP contribution in [0.15, 0.2) is 49.7 Å². The Morgan fingerprint density at radius 3 is 2.55 bits per heavy atom. The van der Waals surface area contributed by atoms with E-state index in [0.29, 0.717) is 19.4 Å². The zero-order valence-electron chi connectivity index (χ0n) is 23.6. The van der Waals surface area contributed by atoms with Crippen molar-refractivity contribution in [1.29, 1.82) is 0 Å². The van der Waals surface area contributed by atoms with Gasteiger partial charge in [0, 0.05) is 18.1 Å². The second-order valence-corrected chi connectivity index (χ2v) is 10.3. The van der Waals surface area contributed by atoms with Crippen molar-refractivity contribution in [2.45, 2.75) is 71.2 Å². The Balaban J connectivity index is 1.59. The van der Waals surface area contributed by atoms with Crippen LogP contribution < -0.4 is 16.1 Å². The number of esters is 1. The average Bonchev–Trinajstić information content (AvgIpc) is 2.94. The van der Waals surface area contributed by atoms with Crippen LogP contribution in [0, 0.1) is 5.92 Å². The van der Waals surface area contributed by atoms with Gasteiger partial charge in [0.05, 0.1) is 18.2 Å². The Bertz CT molecular complexity index is 1280. The smallest absolute Gasteiger partial charge is 0.310 e. The molecule has 2 heterocycles. The highest BCUT2D eigenvalue weighted by Crippen LogP contribution is 2.21. The van der Waals surface area contributed by atoms with Gasteiger partial charge in [-0.25, -0.2) is 5.43 Å². The van der Waals surface area contributed by atoms with Crippen LogP contribution in [0.4, 0.5) is 0 Å². The first-order valence-electron chi connectivity index (χ1n) is 13.5. The Morgan fingerprint density at radius 2 is 1.88 bits per heavy atom. The molecule has 0 saturated carbocycles. The number of hydrogen-bond donors (Lipinski definition) is 3. The number of nitrogens with zero attached hydrogens (tertiary/aromatic N) is 2. The number of rotatable bonds is 11. The first kappa shape index (κ1) is 30.5. The first-order valence-corrected chi connectivity index (χ1v) is 13.5. The highest BCUT2D eigenvalue weighted by atomic mass is 16.5. The number of amides is 3. The summed E-state index contributed by atoms with van der Waals surface area (Å²) in [5.74, 6) is -2.02. The van der Waals surface area contributed by atoms with Gasteiger partial charge in [0.15, 0.2) is 6.10 Å². The third kappa shape index (κ3) is 7.75. The third-order valence-corrected chi connectivity index (χ3v) is 6.77. The molecule has 1 saturated heterocycles. The number of fused-ring (bicyclic) bond motifs is 1. The predicted octanol–water partition coefficient (Wildman–Crippen LogP) is 3.20. The quantitative estimate of drug-likeness (QED) is 0.290. The number of hydrazine groups is 1. The zero-order valence-corrected chi connectivity index (χ0v) is 23.6. The number of aromatic nitrogens is 1. The summed E-state index contributed by atoms with van der Waals surface area (Å²) in [5, 5.41) is 9.04. The molecule has 3 amide bonds. The molecule has 2 aromatic rings. The van der Waals surface area contributed by atoms with Crippen LogP contribution in [0.1, 0.15) is 64.3 Å². The zero-order chi connectivity index (χ0) is 29.4. The lowest BCUT2D eigenvalue weighted by atomic mass is 10.0. The molecule has 0 radical (unpaired) electrons. The molecule has 1 aromatic carbocycles. The largest absolute Gasteiger partial charge is 0.452 e. The van der Waals surface area contributed by atoms with Crippen molar-refractivity contribution in [2.75, 3.05) is 6.54 Å². The van der Waals surface area contributed by atoms with Crippen LogP contribution in [0.2, 0.25) is 0 Å². The van der Waals surface area contributed by atoms with E-state index in [9.17, 15) is 19.2 Å². The Hall–Kier alpha value is -4.05. The summed E-state index contributed by atoms with van der Waals surface area (Å²) in [6, 6.07) is 6.11. The van der Waals surface area contributed by atoms with Gasteiger partial charge in [0.1, 0.15) is 12.1 Å². The van der Waals surface area contributed by atoms with E-state index in [2.05, 4.69) is 34.2 Å². The molecule has 0 unspecified atom stereocenters. The molecule has 10 nitrogen and oxygen atoms in total. The van der Waals surface area contributed by atoms with Gasteiger partial charge in [-0.2, -0.15) is 0 Å². The molecule has 1 aliphatic heterocycles. The van der Waals surface area contributed by atoms with E-state index in [0.717, 1.165) is 22.0 Å². The summed E-state index contributed by atoms with van der Waals surface area (Å²) < 4.78 is 5.27. The second kappa shape index (κ2) is 13.8. The van der Waals surface area contributed by atoms with Crippen molar-refractivity contribution in [3.8, 4) is 0 Å². The normalized spacial score (nSPS) is 17.4. The summed E-state index contributed by atoms with van der Waals surface area (Å²) in [6.07, 6.45) is 5.01. The van der Waals surface area contributed by atoms with Crippen LogP contribution in [0.3, 0.4) is 0 Å². The van der Waals surface area contributed by atoms with E-state index in [1.807, 2.05) is 31.2 Å². The number of carbonyl (C=O) groups excluding carboxylic acids is 4. The van der Waals surface area contributed by atoms with Crippen LogP contribution in [-0.2, 0) is 23.9 Å². The minimum atomic E-state index is -1.04. The summed E-state index contributed by atoms with van der Waals surface area (Å²) in [6.45, 7) is 14.6. The third-order valence-electron chi connectivity index (χ3n) is 6.77. The predicted molar refractivity (Wildman–Crippen MR) is 153 cm³/mol. The monoisotopic (exact) mass is 549 g/mol. The van der Waals surface area contributed by atoms with Crippen molar-refractivity contribution in [1.82, 2.24) is 26.1 Å². The summed E-state index contributed by atoms with van der Waals surface area (Å²) in [5.41, 5.74) is 4.73. The highest BCUT2D eigenvalue weighted by molar-refractivity contribution is 5.91. The lowest BCUT2D eigenvalue weighted by Gasteiger charge is -2.35. The maximum absolute atomic E-state index is 13.1. The maximum atomic E-state index is 13.1. The number of carbonyl (C=O) groups is 4. The number of nitrogens with one attached hydrogen (secondary N) is 3. The summed E-state index contributed by atoms with van der Waals surface area (Å²) in [7, 11) is 0. The van der Waals surface area contributed by atoms with Gasteiger partial charge in [0.2, 0.25) is 5.91 Å². The van der Waals surface area contributed by atoms with E-state index in [-0.39, 0.29) is 30.2 Å². The van der Waals surface area contributed by atoms with Crippen molar-refractivity contribution in [3.63, 3.8) is 0 Å². The van der Waals surface area contributed by atoms with E-state index < -0.39 is 30.1 Å². The molecule has 1 aliphatic rings. The average molecular weight is 550 g/mol. The van der Waals surface area contributed by atoms with Crippen molar-refractivity contribution < 1.29 is 23.9 Å². The number of benzene rings is 1. The number of ether oxygens (including phenoxy) is 1. The number of pyridine rings is 1. The van der Waals surface area contributed by atoms with E-state index >= 15 is 0 Å². The van der Waals surface area contributed by atoms with Gasteiger partial charge in [-0.05, 0) is 61.8 Å². The van der Waals surface area contributed by atoms with Gasteiger partial charge >= 0.3 is 5.97 Å². The van der Waals surface area contributed by atoms with E-state index in [1.54, 1.807) is 33.0 Å². The van der Waals surface area contributed by atoms with Gasteiger partial charge in [-0.1, -0.05) is 38.6 Å². The number of hydrogen-bond acceptors (Lipinski definition) is 7. The van der Waals surface area contributed by atoms with E-state index in [1.165, 1.54) is 11.1 Å². The molecule has 0 aliphatic carbocycles. The molecular formula is C30H39N5O5. The molecule has 1 fully saturated rings. The molecule has 4 atom stereocenters. The molecule has 0 bridgehead atoms. The first-order chi connectivity index (χ1) is 19.0. The molecule has 10 heteroatoms. The Morgan fingerprint density at radius 1 is 1.12 bits per heavy atom. The van der Waals surface area contributed by atoms with Gasteiger partial charge in [0.25, 0.3) is 11.8 Å². The summed E-state index contributed by atoms with van der Waals surface area (Å²) in [4.78, 5) is 55.2. The van der Waals surface area contributed by atoms with Crippen LogP contribution >= 0.6 is 0 Å². The maximum Gasteiger partial charge on any atom is 0.310 e. The van der Waals surface area contributed by atoms with Crippen molar-refractivity contribution >= 4 is 40.5 Å². The minimum Gasteiger partial charge on any atom is -0.452 e. The molecule has 0 spiro atoms. The highest BCUT2D eigenvalue weighted by Gasteiger charge is 2.33. The van der Waals surface area contributed by atoms with Gasteiger partial charge in [-0.3, -0.25) is 29.2 Å². The fraction of sp³-hybridized carbons (Fsp3) is 0.433. The van der Waals surface area contributed by atoms with E-state index in [4.69, 9.17) is 4.74 Å². The van der Waals surface area contributed by atoms with Crippen LogP contribution in [-0.4, -0.2) is 58.4 Å². The summed E-state index contributed by atoms with van der Waals surface area (Å²) >= 11 is 0. The lowest BCUT2D eigenvalue weighted by Crippen LogP contribution is -2.61. The fourth-order valence-corrected chi connectivity index (χ4v) is 4.48. The Kier molecular flexibility index (Phi) is 10.6. The SMILES string of the molecule is C=CCC(=O)O[C@H](C(=O)N[C@@H](C)C(=O)N1CCC[C@@H](C(=O)N[C@H](C)c2ccc3cnc(C=C)cc3c2)N1)C(C)C. The topological polar surface area (TPSA) is 130 Å². The lowest BCUT2D eigenvalue weighted by molar-refractivity contribution is -0.158. The molecule has 40 heavy (non-hydrogen) atoms. The van der Waals surface area contributed by atoms with Gasteiger partial charge < -0.3 is 15.4 Å².